The number of aromatic nitrogens is 2. The topological polar surface area (TPSA) is 134 Å². The van der Waals surface area contributed by atoms with Gasteiger partial charge in [-0.15, -0.1) is 0 Å². The molecule has 0 fully saturated rings. The fourth-order valence-corrected chi connectivity index (χ4v) is 6.71. The Morgan fingerprint density at radius 3 is 2.39 bits per heavy atom. The minimum atomic E-state index is -4.26. The lowest BCUT2D eigenvalue weighted by atomic mass is 9.92. The summed E-state index contributed by atoms with van der Waals surface area (Å²) in [5.41, 5.74) is 2.37. The molecule has 0 unspecified atom stereocenters. The van der Waals surface area contributed by atoms with E-state index in [1.807, 2.05) is 6.92 Å². The van der Waals surface area contributed by atoms with E-state index in [9.17, 15) is 21.6 Å². The normalized spacial score (nSPS) is 16.0. The Morgan fingerprint density at radius 1 is 1.08 bits per heavy atom. The first-order valence-electron chi connectivity index (χ1n) is 10.9. The number of hydrogen-bond donors (Lipinski definition) is 0. The number of aryl methyl sites for hydroxylation is 3. The minimum absolute atomic E-state index is 0.0415. The van der Waals surface area contributed by atoms with Gasteiger partial charge in [0.1, 0.15) is 17.6 Å². The smallest absolute Gasteiger partial charge is 0.340 e. The van der Waals surface area contributed by atoms with Crippen molar-refractivity contribution in [1.82, 2.24) is 9.78 Å². The van der Waals surface area contributed by atoms with E-state index < -0.39 is 25.7 Å². The predicted molar refractivity (Wildman–Crippen MR) is 132 cm³/mol. The van der Waals surface area contributed by atoms with Gasteiger partial charge in [0, 0.05) is 24.6 Å². The standard InChI is InChI=1S/C24H25N3O7S2/c1-14-6-8-17(9-7-14)36(31,32)34-24-22(16(3)25-27(24)4)23(28)18-10-11-20-21(15(18)2)19(26-33-5)12-13-35(20,29)30/h6-11H,12-13H2,1-5H3. The van der Waals surface area contributed by atoms with Crippen LogP contribution in [-0.2, 0) is 31.8 Å². The number of carbonyl (C=O) groups is 1. The Morgan fingerprint density at radius 2 is 1.75 bits per heavy atom. The number of sulfone groups is 1. The molecule has 10 nitrogen and oxygen atoms in total. The van der Waals surface area contributed by atoms with Crippen molar-refractivity contribution < 1.29 is 30.7 Å². The van der Waals surface area contributed by atoms with Crippen molar-refractivity contribution in [3.05, 3.63) is 69.9 Å². The van der Waals surface area contributed by atoms with Gasteiger partial charge in [-0.05, 0) is 50.6 Å². The average Bonchev–Trinajstić information content (AvgIpc) is 3.08. The molecule has 1 aromatic heterocycles. The van der Waals surface area contributed by atoms with E-state index in [0.29, 0.717) is 16.8 Å². The van der Waals surface area contributed by atoms with E-state index in [4.69, 9.17) is 9.02 Å². The average molecular weight is 532 g/mol. The summed E-state index contributed by atoms with van der Waals surface area (Å²) in [6.07, 6.45) is 0.136. The van der Waals surface area contributed by atoms with Gasteiger partial charge in [0.05, 0.1) is 22.1 Å². The molecule has 36 heavy (non-hydrogen) atoms. The minimum Gasteiger partial charge on any atom is -0.399 e. The number of benzene rings is 2. The third kappa shape index (κ3) is 4.42. The molecule has 190 valence electrons. The van der Waals surface area contributed by atoms with Gasteiger partial charge >= 0.3 is 10.1 Å². The van der Waals surface area contributed by atoms with E-state index in [0.717, 1.165) is 5.56 Å². The second-order valence-corrected chi connectivity index (χ2v) is 12.1. The number of oxime groups is 1. The van der Waals surface area contributed by atoms with Crippen molar-refractivity contribution in [3.63, 3.8) is 0 Å². The highest BCUT2D eigenvalue weighted by Crippen LogP contribution is 2.34. The Labute approximate surface area is 209 Å². The molecule has 0 atom stereocenters. The molecule has 1 aliphatic rings. The number of hydrogen-bond acceptors (Lipinski definition) is 9. The summed E-state index contributed by atoms with van der Waals surface area (Å²) in [5, 5.41) is 8.17. The third-order valence-corrected chi connectivity index (χ3v) is 8.98. The lowest BCUT2D eigenvalue weighted by molar-refractivity contribution is 0.103. The van der Waals surface area contributed by atoms with Crippen LogP contribution in [-0.4, -0.2) is 51.0 Å². The highest BCUT2D eigenvalue weighted by atomic mass is 32.2. The maximum atomic E-state index is 13.8. The molecule has 2 heterocycles. The van der Waals surface area contributed by atoms with Crippen molar-refractivity contribution in [3.8, 4) is 5.88 Å². The fraction of sp³-hybridized carbons (Fsp3) is 0.292. The summed E-state index contributed by atoms with van der Waals surface area (Å²) >= 11 is 0. The summed E-state index contributed by atoms with van der Waals surface area (Å²) in [5.74, 6) is -0.922. The molecular weight excluding hydrogens is 506 g/mol. The molecule has 0 saturated carbocycles. The van der Waals surface area contributed by atoms with Crippen LogP contribution >= 0.6 is 0 Å². The summed E-state index contributed by atoms with van der Waals surface area (Å²) in [6.45, 7) is 5.01. The molecular formula is C24H25N3O7S2. The first kappa shape index (κ1) is 25.6. The third-order valence-electron chi connectivity index (χ3n) is 6.00. The molecule has 0 spiro atoms. The van der Waals surface area contributed by atoms with Crippen LogP contribution in [0.25, 0.3) is 0 Å². The van der Waals surface area contributed by atoms with Gasteiger partial charge in [-0.3, -0.25) is 4.79 Å². The lowest BCUT2D eigenvalue weighted by Crippen LogP contribution is -2.24. The summed E-state index contributed by atoms with van der Waals surface area (Å²) in [6, 6.07) is 8.89. The zero-order chi connectivity index (χ0) is 26.4. The molecule has 1 aliphatic heterocycles. The number of carbonyl (C=O) groups excluding carboxylic acids is 1. The van der Waals surface area contributed by atoms with Crippen molar-refractivity contribution >= 4 is 31.5 Å². The van der Waals surface area contributed by atoms with Crippen LogP contribution in [0.3, 0.4) is 0 Å². The monoisotopic (exact) mass is 531 g/mol. The maximum absolute atomic E-state index is 13.8. The van der Waals surface area contributed by atoms with Gasteiger partial charge in [-0.25, -0.2) is 13.1 Å². The molecule has 0 N–H and O–H groups in total. The van der Waals surface area contributed by atoms with Crippen LogP contribution in [0, 0.1) is 20.8 Å². The van der Waals surface area contributed by atoms with Crippen LogP contribution in [0.5, 0.6) is 5.88 Å². The highest BCUT2D eigenvalue weighted by Gasteiger charge is 2.34. The summed E-state index contributed by atoms with van der Waals surface area (Å²) in [4.78, 5) is 18.7. The Hall–Kier alpha value is -3.51. The van der Waals surface area contributed by atoms with Gasteiger partial charge in [-0.1, -0.05) is 22.9 Å². The van der Waals surface area contributed by atoms with E-state index >= 15 is 0 Å². The van der Waals surface area contributed by atoms with Crippen molar-refractivity contribution in [1.29, 1.82) is 0 Å². The van der Waals surface area contributed by atoms with Gasteiger partial charge in [0.25, 0.3) is 0 Å². The van der Waals surface area contributed by atoms with E-state index in [1.54, 1.807) is 26.0 Å². The quantitative estimate of drug-likeness (QED) is 0.269. The largest absolute Gasteiger partial charge is 0.399 e. The Balaban J connectivity index is 1.84. The van der Waals surface area contributed by atoms with E-state index in [1.165, 1.54) is 43.1 Å². The van der Waals surface area contributed by atoms with E-state index in [-0.39, 0.29) is 44.7 Å². The number of nitrogens with zero attached hydrogens (tertiary/aromatic N) is 3. The number of fused-ring (bicyclic) bond motifs is 1. The van der Waals surface area contributed by atoms with Crippen molar-refractivity contribution in [2.75, 3.05) is 12.9 Å². The fourth-order valence-electron chi connectivity index (χ4n) is 4.20. The summed E-state index contributed by atoms with van der Waals surface area (Å²) in [7, 11) is -4.99. The van der Waals surface area contributed by atoms with Gasteiger partial charge in [0.15, 0.2) is 9.84 Å². The molecule has 12 heteroatoms. The van der Waals surface area contributed by atoms with Gasteiger partial charge in [0.2, 0.25) is 11.7 Å². The zero-order valence-electron chi connectivity index (χ0n) is 20.4. The zero-order valence-corrected chi connectivity index (χ0v) is 22.0. The molecule has 0 aliphatic carbocycles. The molecule has 2 aromatic carbocycles. The molecule has 0 bridgehead atoms. The lowest BCUT2D eigenvalue weighted by Gasteiger charge is -2.21. The first-order valence-corrected chi connectivity index (χ1v) is 14.0. The van der Waals surface area contributed by atoms with Crippen LogP contribution in [0.1, 0.15) is 44.7 Å². The molecule has 3 aromatic rings. The molecule has 0 saturated heterocycles. The highest BCUT2D eigenvalue weighted by molar-refractivity contribution is 7.91. The van der Waals surface area contributed by atoms with Gasteiger partial charge in [-0.2, -0.15) is 13.5 Å². The second kappa shape index (κ2) is 9.17. The SMILES string of the molecule is CON=C1CCS(=O)(=O)c2ccc(C(=O)c3c(C)nn(C)c3OS(=O)(=O)c3ccc(C)cc3)c(C)c21. The maximum Gasteiger partial charge on any atom is 0.340 e. The predicted octanol–water partition coefficient (Wildman–Crippen LogP) is 2.87. The van der Waals surface area contributed by atoms with Gasteiger partial charge < -0.3 is 9.02 Å². The summed E-state index contributed by atoms with van der Waals surface area (Å²) < 4.78 is 57.9. The number of rotatable bonds is 6. The van der Waals surface area contributed by atoms with E-state index in [2.05, 4.69) is 10.3 Å². The van der Waals surface area contributed by atoms with Crippen LogP contribution in [0.2, 0.25) is 0 Å². The first-order chi connectivity index (χ1) is 16.9. The van der Waals surface area contributed by atoms with Crippen molar-refractivity contribution in [2.45, 2.75) is 37.0 Å². The van der Waals surface area contributed by atoms with Crippen LogP contribution in [0.15, 0.2) is 51.3 Å². The second-order valence-electron chi connectivity index (χ2n) is 8.47. The molecule has 0 radical (unpaired) electrons. The molecule has 0 amide bonds. The van der Waals surface area contributed by atoms with Crippen LogP contribution < -0.4 is 4.18 Å². The Kier molecular flexibility index (Phi) is 6.52. The number of ketones is 1. The van der Waals surface area contributed by atoms with Crippen LogP contribution in [0.4, 0.5) is 0 Å². The van der Waals surface area contributed by atoms with Crippen molar-refractivity contribution in [2.24, 2.45) is 12.2 Å². The molecule has 4 rings (SSSR count). The Bertz CT molecular complexity index is 1620.